The molecule has 4 rings (SSSR count). The number of para-hydroxylation sites is 1. The number of hydrogen-bond acceptors (Lipinski definition) is 4. The lowest BCUT2D eigenvalue weighted by atomic mass is 9.98. The lowest BCUT2D eigenvalue weighted by Gasteiger charge is -2.13. The molecule has 0 atom stereocenters. The Balaban J connectivity index is 1.98. The predicted molar refractivity (Wildman–Crippen MR) is 116 cm³/mol. The third-order valence-corrected chi connectivity index (χ3v) is 6.40. The number of alkyl halides is 3. The molecular formula is C23H15F3O3S2. The van der Waals surface area contributed by atoms with Crippen molar-refractivity contribution in [1.82, 2.24) is 0 Å². The molecule has 0 saturated heterocycles. The smallest absolute Gasteiger partial charge is 0.416 e. The van der Waals surface area contributed by atoms with Crippen LogP contribution in [0, 0.1) is 4.51 Å². The Kier molecular flexibility index (Phi) is 5.23. The number of sulfone groups is 1. The molecule has 1 heterocycles. The monoisotopic (exact) mass is 460 g/mol. The van der Waals surface area contributed by atoms with Crippen LogP contribution in [0.5, 0.6) is 0 Å². The lowest BCUT2D eigenvalue weighted by molar-refractivity contribution is -0.137. The molecule has 0 bridgehead atoms. The maximum Gasteiger partial charge on any atom is 0.416 e. The van der Waals surface area contributed by atoms with Crippen LogP contribution < -0.4 is 0 Å². The summed E-state index contributed by atoms with van der Waals surface area (Å²) in [6, 6.07) is 17.9. The minimum atomic E-state index is -4.45. The van der Waals surface area contributed by atoms with Crippen LogP contribution in [0.3, 0.4) is 0 Å². The SMILES string of the molecule is CS(=O)(=O)c1ccc(-c2oc3ccccc3c(=S)c2-c2ccc(C(F)(F)F)cc2)cc1. The Labute approximate surface area is 181 Å². The van der Waals surface area contributed by atoms with Crippen LogP contribution in [-0.4, -0.2) is 14.7 Å². The highest BCUT2D eigenvalue weighted by atomic mass is 32.2. The van der Waals surface area contributed by atoms with E-state index in [4.69, 9.17) is 16.6 Å². The van der Waals surface area contributed by atoms with Crippen molar-refractivity contribution in [1.29, 1.82) is 0 Å². The Morgan fingerprint density at radius 1 is 0.839 bits per heavy atom. The van der Waals surface area contributed by atoms with E-state index in [1.165, 1.54) is 24.3 Å². The molecule has 0 fully saturated rings. The maximum absolute atomic E-state index is 13.0. The van der Waals surface area contributed by atoms with Gasteiger partial charge in [-0.1, -0.05) is 36.5 Å². The first kappa shape index (κ1) is 21.3. The zero-order valence-electron chi connectivity index (χ0n) is 16.1. The molecule has 31 heavy (non-hydrogen) atoms. The fraction of sp³-hybridized carbons (Fsp3) is 0.0870. The average Bonchev–Trinajstić information content (AvgIpc) is 2.73. The van der Waals surface area contributed by atoms with Crippen LogP contribution in [0.25, 0.3) is 33.4 Å². The van der Waals surface area contributed by atoms with Crippen LogP contribution >= 0.6 is 12.2 Å². The van der Waals surface area contributed by atoms with Gasteiger partial charge in [0.2, 0.25) is 0 Å². The van der Waals surface area contributed by atoms with Crippen molar-refractivity contribution in [2.75, 3.05) is 6.26 Å². The molecule has 3 aromatic carbocycles. The van der Waals surface area contributed by atoms with E-state index in [1.54, 1.807) is 36.4 Å². The van der Waals surface area contributed by atoms with Gasteiger partial charge in [-0.25, -0.2) is 8.42 Å². The van der Waals surface area contributed by atoms with Gasteiger partial charge >= 0.3 is 6.18 Å². The third kappa shape index (κ3) is 4.13. The van der Waals surface area contributed by atoms with E-state index >= 15 is 0 Å². The van der Waals surface area contributed by atoms with Crippen LogP contribution in [0.1, 0.15) is 5.56 Å². The zero-order chi connectivity index (χ0) is 22.4. The second-order valence-electron chi connectivity index (χ2n) is 7.00. The van der Waals surface area contributed by atoms with Gasteiger partial charge in [0.1, 0.15) is 11.3 Å². The van der Waals surface area contributed by atoms with Crippen molar-refractivity contribution < 1.29 is 26.0 Å². The topological polar surface area (TPSA) is 47.3 Å². The van der Waals surface area contributed by atoms with E-state index < -0.39 is 21.6 Å². The van der Waals surface area contributed by atoms with Gasteiger partial charge in [0.15, 0.2) is 9.84 Å². The number of rotatable bonds is 3. The molecule has 8 heteroatoms. The van der Waals surface area contributed by atoms with E-state index in [-0.39, 0.29) is 4.90 Å². The summed E-state index contributed by atoms with van der Waals surface area (Å²) in [6.07, 6.45) is -3.34. The molecule has 158 valence electrons. The summed E-state index contributed by atoms with van der Waals surface area (Å²) in [5.74, 6) is 0.350. The summed E-state index contributed by atoms with van der Waals surface area (Å²) >= 11 is 5.68. The first-order valence-corrected chi connectivity index (χ1v) is 11.4. The second-order valence-corrected chi connectivity index (χ2v) is 9.43. The van der Waals surface area contributed by atoms with Gasteiger partial charge in [0, 0.05) is 22.8 Å². The largest absolute Gasteiger partial charge is 0.455 e. The van der Waals surface area contributed by atoms with Crippen molar-refractivity contribution in [2.24, 2.45) is 0 Å². The minimum absolute atomic E-state index is 0.145. The van der Waals surface area contributed by atoms with Crippen LogP contribution in [0.15, 0.2) is 82.1 Å². The molecule has 0 aliphatic heterocycles. The Hall–Kier alpha value is -2.97. The highest BCUT2D eigenvalue weighted by Gasteiger charge is 2.30. The molecule has 0 aliphatic rings. The van der Waals surface area contributed by atoms with E-state index in [1.807, 2.05) is 0 Å². The van der Waals surface area contributed by atoms with Crippen molar-refractivity contribution >= 4 is 33.0 Å². The van der Waals surface area contributed by atoms with Gasteiger partial charge in [-0.3, -0.25) is 0 Å². The van der Waals surface area contributed by atoms with E-state index in [0.717, 1.165) is 18.4 Å². The van der Waals surface area contributed by atoms with Gasteiger partial charge in [0.05, 0.1) is 15.0 Å². The lowest BCUT2D eigenvalue weighted by Crippen LogP contribution is -2.04. The summed E-state index contributed by atoms with van der Waals surface area (Å²) in [5.41, 5.74) is 1.24. The molecule has 4 aromatic rings. The Bertz CT molecular complexity index is 1440. The van der Waals surface area contributed by atoms with E-state index in [2.05, 4.69) is 0 Å². The predicted octanol–water partition coefficient (Wildman–Crippen LogP) is 6.92. The first-order valence-electron chi connectivity index (χ1n) is 9.10. The summed E-state index contributed by atoms with van der Waals surface area (Å²) in [4.78, 5) is 0.145. The number of fused-ring (bicyclic) bond motifs is 1. The summed E-state index contributed by atoms with van der Waals surface area (Å²) < 4.78 is 69.1. The molecule has 0 unspecified atom stereocenters. The van der Waals surface area contributed by atoms with E-state index in [9.17, 15) is 21.6 Å². The highest BCUT2D eigenvalue weighted by molar-refractivity contribution is 7.90. The van der Waals surface area contributed by atoms with Gasteiger partial charge < -0.3 is 4.42 Å². The molecule has 0 amide bonds. The maximum atomic E-state index is 13.0. The zero-order valence-corrected chi connectivity index (χ0v) is 17.7. The fourth-order valence-electron chi connectivity index (χ4n) is 3.29. The quantitative estimate of drug-likeness (QED) is 0.312. The number of hydrogen-bond donors (Lipinski definition) is 0. The van der Waals surface area contributed by atoms with Crippen molar-refractivity contribution in [3.8, 4) is 22.5 Å². The summed E-state index contributed by atoms with van der Waals surface area (Å²) in [5, 5.41) is 0.656. The van der Waals surface area contributed by atoms with Crippen LogP contribution in [-0.2, 0) is 16.0 Å². The van der Waals surface area contributed by atoms with Crippen molar-refractivity contribution in [3.05, 3.63) is 82.9 Å². The molecule has 0 aliphatic carbocycles. The van der Waals surface area contributed by atoms with Gasteiger partial charge in [-0.05, 0) is 54.1 Å². The molecule has 1 aromatic heterocycles. The second kappa shape index (κ2) is 7.62. The average molecular weight is 460 g/mol. The third-order valence-electron chi connectivity index (χ3n) is 4.84. The minimum Gasteiger partial charge on any atom is -0.455 e. The Morgan fingerprint density at radius 3 is 2.00 bits per heavy atom. The van der Waals surface area contributed by atoms with Crippen molar-refractivity contribution in [3.63, 3.8) is 0 Å². The van der Waals surface area contributed by atoms with Gasteiger partial charge in [0.25, 0.3) is 0 Å². The molecule has 3 nitrogen and oxygen atoms in total. The molecular weight excluding hydrogens is 445 g/mol. The molecule has 0 saturated carbocycles. The van der Waals surface area contributed by atoms with E-state index in [0.29, 0.717) is 37.9 Å². The summed E-state index contributed by atoms with van der Waals surface area (Å²) in [6.45, 7) is 0. The fourth-order valence-corrected chi connectivity index (χ4v) is 4.30. The van der Waals surface area contributed by atoms with Crippen LogP contribution in [0.2, 0.25) is 0 Å². The van der Waals surface area contributed by atoms with Crippen LogP contribution in [0.4, 0.5) is 13.2 Å². The molecule has 0 N–H and O–H groups in total. The Morgan fingerprint density at radius 2 is 1.42 bits per heavy atom. The number of halogens is 3. The first-order chi connectivity index (χ1) is 14.6. The standard InChI is InChI=1S/C23H15F3O3S2/c1-31(27,28)17-12-8-15(9-13-17)21-20(14-6-10-16(11-7-14)23(24,25)26)22(30)18-4-2-3-5-19(18)29-21/h2-13H,1H3. The molecule has 0 spiro atoms. The normalized spacial score (nSPS) is 12.3. The highest BCUT2D eigenvalue weighted by Crippen LogP contribution is 2.39. The summed E-state index contributed by atoms with van der Waals surface area (Å²) in [7, 11) is -3.38. The van der Waals surface area contributed by atoms with Gasteiger partial charge in [-0.15, -0.1) is 0 Å². The van der Waals surface area contributed by atoms with Gasteiger partial charge in [-0.2, -0.15) is 13.2 Å². The number of benzene rings is 3. The molecule has 0 radical (unpaired) electrons. The van der Waals surface area contributed by atoms with Crippen molar-refractivity contribution in [2.45, 2.75) is 11.1 Å².